The Morgan fingerprint density at radius 3 is 1.38 bits per heavy atom. The van der Waals surface area contributed by atoms with Crippen LogP contribution in [0.4, 0.5) is 0 Å². The quantitative estimate of drug-likeness (QED) is 0.694. The maximum atomic E-state index is 8.84. The van der Waals surface area contributed by atoms with Gasteiger partial charge < -0.3 is 10.6 Å². The fraction of sp³-hybridized carbons (Fsp3) is 0.300. The normalized spacial score (nSPS) is 12.8. The van der Waals surface area contributed by atoms with Crippen molar-refractivity contribution in [1.82, 2.24) is 10.6 Å². The molecule has 0 saturated heterocycles. The molecule has 0 amide bonds. The Bertz CT molecular complexity index is 609. The molecule has 2 N–H and O–H groups in total. The number of rotatable bonds is 9. The fourth-order valence-electron chi connectivity index (χ4n) is 2.74. The molecule has 0 radical (unpaired) electrons. The van der Waals surface area contributed by atoms with Crippen LogP contribution in [0.25, 0.3) is 0 Å². The first-order valence-electron chi connectivity index (χ1n) is 8.17. The van der Waals surface area contributed by atoms with Crippen molar-refractivity contribution in [2.24, 2.45) is 0 Å². The van der Waals surface area contributed by atoms with Gasteiger partial charge in [0.2, 0.25) is 0 Å². The van der Waals surface area contributed by atoms with E-state index in [0.717, 1.165) is 11.1 Å². The molecule has 2 rings (SSSR count). The summed E-state index contributed by atoms with van der Waals surface area (Å²) in [6.45, 7) is 1.25. The predicted octanol–water partition coefficient (Wildman–Crippen LogP) is 3.48. The second-order valence-corrected chi connectivity index (χ2v) is 5.50. The van der Waals surface area contributed by atoms with Crippen LogP contribution in [0, 0.1) is 22.7 Å². The molecule has 0 aliphatic heterocycles. The minimum atomic E-state index is 0.0284. The van der Waals surface area contributed by atoms with Crippen LogP contribution in [-0.2, 0) is 0 Å². The van der Waals surface area contributed by atoms with Crippen molar-refractivity contribution in [1.29, 1.82) is 10.5 Å². The van der Waals surface area contributed by atoms with Gasteiger partial charge in [0.15, 0.2) is 0 Å². The number of nitriles is 2. The van der Waals surface area contributed by atoms with Crippen LogP contribution in [0.2, 0.25) is 0 Å². The molecule has 0 saturated carbocycles. The summed E-state index contributed by atoms with van der Waals surface area (Å²) in [6.07, 6.45) is 0.923. The third-order valence-corrected chi connectivity index (χ3v) is 3.85. The van der Waals surface area contributed by atoms with Gasteiger partial charge in [-0.3, -0.25) is 0 Å². The molecule has 0 spiro atoms. The Morgan fingerprint density at radius 2 is 1.04 bits per heavy atom. The molecule has 4 nitrogen and oxygen atoms in total. The molecule has 2 aromatic rings. The zero-order chi connectivity index (χ0) is 17.0. The highest BCUT2D eigenvalue weighted by Crippen LogP contribution is 2.28. The molecule has 2 atom stereocenters. The summed E-state index contributed by atoms with van der Waals surface area (Å²) < 4.78 is 0. The summed E-state index contributed by atoms with van der Waals surface area (Å²) in [5.74, 6) is 0. The third-order valence-electron chi connectivity index (χ3n) is 3.85. The zero-order valence-electron chi connectivity index (χ0n) is 13.7. The second kappa shape index (κ2) is 10.2. The van der Waals surface area contributed by atoms with Crippen molar-refractivity contribution < 1.29 is 0 Å². The van der Waals surface area contributed by atoms with Crippen molar-refractivity contribution in [3.63, 3.8) is 0 Å². The van der Waals surface area contributed by atoms with E-state index in [2.05, 4.69) is 47.0 Å². The SMILES string of the molecule is N#CCCN[C@H](c1ccccc1)[C@@H](NCCC#N)c1ccccc1. The summed E-state index contributed by atoms with van der Waals surface area (Å²) >= 11 is 0. The maximum Gasteiger partial charge on any atom is 0.0635 e. The molecule has 0 heterocycles. The minimum Gasteiger partial charge on any atom is -0.307 e. The molecule has 0 unspecified atom stereocenters. The van der Waals surface area contributed by atoms with E-state index >= 15 is 0 Å². The van der Waals surface area contributed by atoms with Crippen molar-refractivity contribution in [3.8, 4) is 12.1 Å². The van der Waals surface area contributed by atoms with Crippen LogP contribution in [0.5, 0.6) is 0 Å². The topological polar surface area (TPSA) is 71.6 Å². The molecule has 0 bridgehead atoms. The number of hydrogen-bond donors (Lipinski definition) is 2. The fourth-order valence-corrected chi connectivity index (χ4v) is 2.74. The van der Waals surface area contributed by atoms with E-state index in [4.69, 9.17) is 10.5 Å². The first-order valence-corrected chi connectivity index (χ1v) is 8.17. The lowest BCUT2D eigenvalue weighted by molar-refractivity contribution is 0.390. The van der Waals surface area contributed by atoms with E-state index in [-0.39, 0.29) is 12.1 Å². The van der Waals surface area contributed by atoms with Gasteiger partial charge in [-0.15, -0.1) is 0 Å². The Labute approximate surface area is 143 Å². The van der Waals surface area contributed by atoms with Gasteiger partial charge in [0, 0.05) is 25.9 Å². The molecule has 4 heteroatoms. The first kappa shape index (κ1) is 17.7. The lowest BCUT2D eigenvalue weighted by atomic mass is 9.93. The lowest BCUT2D eigenvalue weighted by Gasteiger charge is -2.30. The minimum absolute atomic E-state index is 0.0284. The summed E-state index contributed by atoms with van der Waals surface area (Å²) in [7, 11) is 0. The summed E-state index contributed by atoms with van der Waals surface area (Å²) in [4.78, 5) is 0. The second-order valence-electron chi connectivity index (χ2n) is 5.50. The summed E-state index contributed by atoms with van der Waals surface area (Å²) in [5, 5.41) is 24.7. The van der Waals surface area contributed by atoms with Gasteiger partial charge in [0.25, 0.3) is 0 Å². The Hall–Kier alpha value is -2.66. The van der Waals surface area contributed by atoms with Crippen molar-refractivity contribution in [3.05, 3.63) is 71.8 Å². The average molecular weight is 318 g/mol. The molecule has 0 aliphatic carbocycles. The largest absolute Gasteiger partial charge is 0.307 e. The smallest absolute Gasteiger partial charge is 0.0635 e. The maximum absolute atomic E-state index is 8.84. The number of nitrogens with zero attached hydrogens (tertiary/aromatic N) is 2. The summed E-state index contributed by atoms with van der Waals surface area (Å²) in [5.41, 5.74) is 2.32. The van der Waals surface area contributed by atoms with Gasteiger partial charge in [-0.2, -0.15) is 10.5 Å². The molecular formula is C20H22N4. The van der Waals surface area contributed by atoms with Gasteiger partial charge in [-0.1, -0.05) is 60.7 Å². The van der Waals surface area contributed by atoms with Crippen LogP contribution in [0.1, 0.15) is 36.1 Å². The zero-order valence-corrected chi connectivity index (χ0v) is 13.7. The van der Waals surface area contributed by atoms with Gasteiger partial charge in [-0.25, -0.2) is 0 Å². The van der Waals surface area contributed by atoms with Crippen molar-refractivity contribution in [2.45, 2.75) is 24.9 Å². The number of nitrogens with one attached hydrogen (secondary N) is 2. The van der Waals surface area contributed by atoms with Crippen LogP contribution >= 0.6 is 0 Å². The van der Waals surface area contributed by atoms with E-state index in [1.165, 1.54) is 0 Å². The lowest BCUT2D eigenvalue weighted by Crippen LogP contribution is -2.36. The van der Waals surface area contributed by atoms with Gasteiger partial charge >= 0.3 is 0 Å². The van der Waals surface area contributed by atoms with Gasteiger partial charge in [0.1, 0.15) is 0 Å². The van der Waals surface area contributed by atoms with E-state index in [9.17, 15) is 0 Å². The van der Waals surface area contributed by atoms with E-state index in [0.29, 0.717) is 25.9 Å². The predicted molar refractivity (Wildman–Crippen MR) is 94.8 cm³/mol. The number of hydrogen-bond acceptors (Lipinski definition) is 4. The number of benzene rings is 2. The highest BCUT2D eigenvalue weighted by Gasteiger charge is 2.23. The first-order chi connectivity index (χ1) is 11.9. The Kier molecular flexibility index (Phi) is 7.50. The van der Waals surface area contributed by atoms with Gasteiger partial charge in [-0.05, 0) is 11.1 Å². The van der Waals surface area contributed by atoms with Crippen LogP contribution in [0.3, 0.4) is 0 Å². The van der Waals surface area contributed by atoms with Crippen LogP contribution < -0.4 is 10.6 Å². The Morgan fingerprint density at radius 1 is 0.667 bits per heavy atom. The average Bonchev–Trinajstić information content (AvgIpc) is 2.65. The van der Waals surface area contributed by atoms with E-state index < -0.39 is 0 Å². The standard InChI is InChI=1S/C20H22N4/c21-13-7-15-23-19(17-9-3-1-4-10-17)20(24-16-8-14-22)18-11-5-2-6-12-18/h1-6,9-12,19-20,23-24H,7-8,15-16H2/t19-,20+. The van der Waals surface area contributed by atoms with Gasteiger partial charge in [0.05, 0.1) is 24.2 Å². The van der Waals surface area contributed by atoms with Crippen molar-refractivity contribution >= 4 is 0 Å². The molecule has 0 aromatic heterocycles. The van der Waals surface area contributed by atoms with Crippen LogP contribution in [-0.4, -0.2) is 13.1 Å². The third kappa shape index (κ3) is 5.21. The Balaban J connectivity index is 2.28. The molecule has 24 heavy (non-hydrogen) atoms. The molecule has 0 aliphatic rings. The highest BCUT2D eigenvalue weighted by molar-refractivity contribution is 5.27. The van der Waals surface area contributed by atoms with E-state index in [1.807, 2.05) is 36.4 Å². The van der Waals surface area contributed by atoms with Crippen molar-refractivity contribution in [2.75, 3.05) is 13.1 Å². The van der Waals surface area contributed by atoms with Crippen LogP contribution in [0.15, 0.2) is 60.7 Å². The summed E-state index contributed by atoms with van der Waals surface area (Å²) in [6, 6.07) is 24.8. The molecule has 2 aromatic carbocycles. The van der Waals surface area contributed by atoms with E-state index in [1.54, 1.807) is 0 Å². The molecule has 0 fully saturated rings. The molecule has 122 valence electrons. The molecular weight excluding hydrogens is 296 g/mol. The highest BCUT2D eigenvalue weighted by atomic mass is 15.0. The monoisotopic (exact) mass is 318 g/mol.